The van der Waals surface area contributed by atoms with Crippen LogP contribution >= 0.6 is 11.8 Å². The molecule has 0 heterocycles. The monoisotopic (exact) mass is 319 g/mol. The van der Waals surface area contributed by atoms with Gasteiger partial charge < -0.3 is 5.11 Å². The van der Waals surface area contributed by atoms with Gasteiger partial charge in [0.2, 0.25) is 0 Å². The molecule has 1 N–H and O–H groups in total. The van der Waals surface area contributed by atoms with Crippen LogP contribution in [0.4, 0.5) is 0 Å². The first-order chi connectivity index (χ1) is 10.0. The van der Waals surface area contributed by atoms with Gasteiger partial charge in [0.15, 0.2) is 9.84 Å². The summed E-state index contributed by atoms with van der Waals surface area (Å²) in [6, 6.07) is 14.5. The highest BCUT2D eigenvalue weighted by Crippen LogP contribution is 2.22. The Morgan fingerprint density at radius 3 is 2.24 bits per heavy atom. The molecule has 0 aromatic heterocycles. The van der Waals surface area contributed by atoms with Gasteiger partial charge in [-0.1, -0.05) is 0 Å². The number of thioether (sulfide) groups is 1. The van der Waals surface area contributed by atoms with E-state index in [-0.39, 0.29) is 16.4 Å². The fourth-order valence-corrected chi connectivity index (χ4v) is 4.23. The molecule has 6 heteroatoms. The summed E-state index contributed by atoms with van der Waals surface area (Å²) < 4.78 is 24.3. The second-order valence-corrected chi connectivity index (χ2v) is 7.57. The van der Waals surface area contributed by atoms with E-state index in [1.165, 1.54) is 36.0 Å². The molecule has 0 bridgehead atoms. The fraction of sp³-hybridized carbons (Fsp3) is 0.133. The van der Waals surface area contributed by atoms with E-state index in [2.05, 4.69) is 0 Å². The number of nitriles is 1. The van der Waals surface area contributed by atoms with Gasteiger partial charge in [0.1, 0.15) is 5.75 Å². The number of nitrogens with zero attached hydrogens (tertiary/aromatic N) is 1. The molecule has 0 aliphatic heterocycles. The summed E-state index contributed by atoms with van der Waals surface area (Å²) in [5.41, 5.74) is 0.437. The van der Waals surface area contributed by atoms with Crippen molar-refractivity contribution >= 4 is 21.6 Å². The van der Waals surface area contributed by atoms with E-state index in [1.807, 2.05) is 6.07 Å². The Labute approximate surface area is 128 Å². The van der Waals surface area contributed by atoms with Crippen molar-refractivity contribution in [1.29, 1.82) is 5.26 Å². The number of sulfone groups is 1. The number of phenolic OH excluding ortho intramolecular Hbond substituents is 1. The topological polar surface area (TPSA) is 78.2 Å². The third-order valence-electron chi connectivity index (χ3n) is 2.80. The molecule has 4 nitrogen and oxygen atoms in total. The molecular weight excluding hydrogens is 306 g/mol. The van der Waals surface area contributed by atoms with Crippen LogP contribution in [-0.4, -0.2) is 25.0 Å². The van der Waals surface area contributed by atoms with Gasteiger partial charge in [-0.25, -0.2) is 8.42 Å². The summed E-state index contributed by atoms with van der Waals surface area (Å²) in [5, 5.41) is 17.9. The Hall–Kier alpha value is -1.97. The Bertz CT molecular complexity index is 745. The van der Waals surface area contributed by atoms with Crippen LogP contribution < -0.4 is 0 Å². The van der Waals surface area contributed by atoms with E-state index in [0.717, 1.165) is 4.90 Å². The summed E-state index contributed by atoms with van der Waals surface area (Å²) in [7, 11) is -3.34. The average molecular weight is 319 g/mol. The third-order valence-corrected chi connectivity index (χ3v) is 5.80. The summed E-state index contributed by atoms with van der Waals surface area (Å²) in [6.07, 6.45) is 0. The second kappa shape index (κ2) is 6.66. The van der Waals surface area contributed by atoms with Crippen molar-refractivity contribution in [2.75, 3.05) is 11.5 Å². The summed E-state index contributed by atoms with van der Waals surface area (Å²) in [5.74, 6) is 0.627. The molecule has 2 aromatic carbocycles. The number of hydrogen-bond donors (Lipinski definition) is 1. The predicted molar refractivity (Wildman–Crippen MR) is 82.0 cm³/mol. The molecule has 21 heavy (non-hydrogen) atoms. The molecule has 0 saturated carbocycles. The Kier molecular flexibility index (Phi) is 4.89. The van der Waals surface area contributed by atoms with E-state index in [4.69, 9.17) is 5.26 Å². The van der Waals surface area contributed by atoms with E-state index < -0.39 is 9.84 Å². The molecular formula is C15H13NO3S2. The maximum absolute atomic E-state index is 12.1. The number of rotatable bonds is 5. The molecule has 0 atom stereocenters. The van der Waals surface area contributed by atoms with Crippen LogP contribution in [0.2, 0.25) is 0 Å². The van der Waals surface area contributed by atoms with Crippen LogP contribution in [0, 0.1) is 11.3 Å². The molecule has 0 unspecified atom stereocenters. The Morgan fingerprint density at radius 2 is 1.67 bits per heavy atom. The molecule has 0 aliphatic rings. The Balaban J connectivity index is 1.97. The first kappa shape index (κ1) is 15.4. The van der Waals surface area contributed by atoms with Crippen LogP contribution in [0.5, 0.6) is 5.75 Å². The lowest BCUT2D eigenvalue weighted by Crippen LogP contribution is -2.08. The maximum Gasteiger partial charge on any atom is 0.179 e. The molecule has 108 valence electrons. The van der Waals surface area contributed by atoms with E-state index in [1.54, 1.807) is 24.3 Å². The number of benzene rings is 2. The minimum Gasteiger partial charge on any atom is -0.508 e. The normalized spacial score (nSPS) is 11.0. The van der Waals surface area contributed by atoms with Crippen LogP contribution in [0.15, 0.2) is 58.3 Å². The van der Waals surface area contributed by atoms with Crippen molar-refractivity contribution in [3.05, 3.63) is 54.1 Å². The highest BCUT2D eigenvalue weighted by Gasteiger charge is 2.14. The molecule has 0 aliphatic carbocycles. The zero-order chi connectivity index (χ0) is 15.3. The second-order valence-electron chi connectivity index (χ2n) is 4.30. The lowest BCUT2D eigenvalue weighted by atomic mass is 10.2. The van der Waals surface area contributed by atoms with Gasteiger partial charge in [0, 0.05) is 10.6 Å². The van der Waals surface area contributed by atoms with Crippen molar-refractivity contribution in [2.45, 2.75) is 9.79 Å². The molecule has 0 spiro atoms. The smallest absolute Gasteiger partial charge is 0.179 e. The van der Waals surface area contributed by atoms with Gasteiger partial charge >= 0.3 is 0 Å². The molecule has 0 radical (unpaired) electrons. The van der Waals surface area contributed by atoms with Crippen molar-refractivity contribution in [1.82, 2.24) is 0 Å². The lowest BCUT2D eigenvalue weighted by Gasteiger charge is -2.05. The zero-order valence-electron chi connectivity index (χ0n) is 11.1. The summed E-state index contributed by atoms with van der Waals surface area (Å²) in [6.45, 7) is 0. The molecule has 0 saturated heterocycles. The van der Waals surface area contributed by atoms with Gasteiger partial charge in [-0.05, 0) is 48.5 Å². The van der Waals surface area contributed by atoms with Crippen LogP contribution in [0.3, 0.4) is 0 Å². The maximum atomic E-state index is 12.1. The van der Waals surface area contributed by atoms with Crippen molar-refractivity contribution in [2.24, 2.45) is 0 Å². The van der Waals surface area contributed by atoms with Gasteiger partial charge in [-0.3, -0.25) is 0 Å². The van der Waals surface area contributed by atoms with Crippen molar-refractivity contribution in [3.63, 3.8) is 0 Å². The number of phenols is 1. The molecule has 2 rings (SSSR count). The quantitative estimate of drug-likeness (QED) is 0.857. The van der Waals surface area contributed by atoms with E-state index in [9.17, 15) is 13.5 Å². The minimum atomic E-state index is -3.34. The van der Waals surface area contributed by atoms with Crippen LogP contribution in [0.25, 0.3) is 0 Å². The highest BCUT2D eigenvalue weighted by atomic mass is 32.2. The third kappa shape index (κ3) is 4.25. The van der Waals surface area contributed by atoms with Gasteiger partial charge in [-0.15, -0.1) is 11.8 Å². The molecule has 0 fully saturated rings. The van der Waals surface area contributed by atoms with Crippen molar-refractivity contribution in [3.8, 4) is 11.8 Å². The SMILES string of the molecule is N#Cc1ccc(S(=O)(=O)CCSc2ccc(O)cc2)cc1. The largest absolute Gasteiger partial charge is 0.508 e. The van der Waals surface area contributed by atoms with Crippen LogP contribution in [-0.2, 0) is 9.84 Å². The molecule has 2 aromatic rings. The van der Waals surface area contributed by atoms with E-state index >= 15 is 0 Å². The highest BCUT2D eigenvalue weighted by molar-refractivity contribution is 8.00. The lowest BCUT2D eigenvalue weighted by molar-refractivity contribution is 0.475. The Morgan fingerprint density at radius 1 is 1.05 bits per heavy atom. The van der Waals surface area contributed by atoms with Gasteiger partial charge in [0.05, 0.1) is 22.3 Å². The van der Waals surface area contributed by atoms with Gasteiger partial charge in [-0.2, -0.15) is 5.26 Å². The fourth-order valence-electron chi connectivity index (χ4n) is 1.67. The summed E-state index contributed by atoms with van der Waals surface area (Å²) >= 11 is 1.42. The number of aromatic hydroxyl groups is 1. The molecule has 0 amide bonds. The zero-order valence-corrected chi connectivity index (χ0v) is 12.7. The number of hydrogen-bond acceptors (Lipinski definition) is 5. The summed E-state index contributed by atoms with van der Waals surface area (Å²) in [4.78, 5) is 1.13. The van der Waals surface area contributed by atoms with Crippen molar-refractivity contribution < 1.29 is 13.5 Å². The van der Waals surface area contributed by atoms with Crippen LogP contribution in [0.1, 0.15) is 5.56 Å². The average Bonchev–Trinajstić information content (AvgIpc) is 2.49. The first-order valence-electron chi connectivity index (χ1n) is 6.16. The standard InChI is InChI=1S/C15H13NO3S2/c16-11-12-1-7-15(8-2-12)21(18,19)10-9-20-14-5-3-13(17)4-6-14/h1-8,17H,9-10H2. The predicted octanol–water partition coefficient (Wildman–Crippen LogP) is 2.83. The first-order valence-corrected chi connectivity index (χ1v) is 8.80. The minimum absolute atomic E-state index is 0.0183. The van der Waals surface area contributed by atoms with Gasteiger partial charge in [0.25, 0.3) is 0 Å². The van der Waals surface area contributed by atoms with E-state index in [0.29, 0.717) is 11.3 Å².